The average Bonchev–Trinajstić information content (AvgIpc) is 3.31. The highest BCUT2D eigenvalue weighted by molar-refractivity contribution is 5.97. The van der Waals surface area contributed by atoms with Crippen LogP contribution in [0.3, 0.4) is 0 Å². The van der Waals surface area contributed by atoms with Crippen LogP contribution in [0.2, 0.25) is 0 Å². The van der Waals surface area contributed by atoms with Gasteiger partial charge in [0.05, 0.1) is 18.3 Å². The van der Waals surface area contributed by atoms with Gasteiger partial charge in [-0.3, -0.25) is 4.79 Å². The SMILES string of the molecule is O=C(O)c1cccc(C(=O)N2CCO[C@@H](C3CC3)C2)c1. The van der Waals surface area contributed by atoms with Crippen molar-refractivity contribution in [1.82, 2.24) is 4.90 Å². The van der Waals surface area contributed by atoms with Gasteiger partial charge in [0.1, 0.15) is 0 Å². The molecule has 1 aromatic rings. The molecule has 1 atom stereocenters. The van der Waals surface area contributed by atoms with Gasteiger partial charge in [0.25, 0.3) is 5.91 Å². The van der Waals surface area contributed by atoms with E-state index >= 15 is 0 Å². The molecule has 0 unspecified atom stereocenters. The first kappa shape index (κ1) is 13.1. The Bertz CT molecular complexity index is 538. The topological polar surface area (TPSA) is 66.8 Å². The molecule has 0 bridgehead atoms. The van der Waals surface area contributed by atoms with Crippen LogP contribution in [0.4, 0.5) is 0 Å². The maximum atomic E-state index is 12.4. The van der Waals surface area contributed by atoms with E-state index in [0.29, 0.717) is 31.2 Å². The van der Waals surface area contributed by atoms with Gasteiger partial charge < -0.3 is 14.7 Å². The Labute approximate surface area is 117 Å². The summed E-state index contributed by atoms with van der Waals surface area (Å²) in [6, 6.07) is 6.20. The first-order valence-corrected chi connectivity index (χ1v) is 6.89. The Morgan fingerprint density at radius 3 is 2.70 bits per heavy atom. The number of carbonyl (C=O) groups is 2. The van der Waals surface area contributed by atoms with Gasteiger partial charge in [-0.2, -0.15) is 0 Å². The van der Waals surface area contributed by atoms with Gasteiger partial charge in [-0.1, -0.05) is 6.07 Å². The molecule has 1 amide bonds. The summed E-state index contributed by atoms with van der Waals surface area (Å²) in [7, 11) is 0. The number of carboxylic acid groups (broad SMARTS) is 1. The van der Waals surface area contributed by atoms with Crippen molar-refractivity contribution in [1.29, 1.82) is 0 Å². The number of rotatable bonds is 3. The normalized spacial score (nSPS) is 22.6. The lowest BCUT2D eigenvalue weighted by molar-refractivity contribution is -0.0313. The van der Waals surface area contributed by atoms with E-state index in [1.54, 1.807) is 17.0 Å². The van der Waals surface area contributed by atoms with Crippen molar-refractivity contribution >= 4 is 11.9 Å². The van der Waals surface area contributed by atoms with Crippen LogP contribution in [-0.2, 0) is 4.74 Å². The van der Waals surface area contributed by atoms with Gasteiger partial charge in [-0.15, -0.1) is 0 Å². The van der Waals surface area contributed by atoms with Crippen LogP contribution in [0.1, 0.15) is 33.6 Å². The number of hydrogen-bond acceptors (Lipinski definition) is 3. The van der Waals surface area contributed by atoms with E-state index in [-0.39, 0.29) is 17.6 Å². The Hall–Kier alpha value is -1.88. The van der Waals surface area contributed by atoms with Crippen molar-refractivity contribution in [3.8, 4) is 0 Å². The van der Waals surface area contributed by atoms with Crippen LogP contribution in [0.5, 0.6) is 0 Å². The molecule has 2 aliphatic rings. The molecule has 1 heterocycles. The van der Waals surface area contributed by atoms with E-state index in [4.69, 9.17) is 9.84 Å². The molecule has 1 saturated heterocycles. The summed E-state index contributed by atoms with van der Waals surface area (Å²) in [5, 5.41) is 8.98. The highest BCUT2D eigenvalue weighted by Gasteiger charge is 2.36. The second-order valence-corrected chi connectivity index (χ2v) is 5.38. The average molecular weight is 275 g/mol. The quantitative estimate of drug-likeness (QED) is 0.910. The zero-order chi connectivity index (χ0) is 14.1. The summed E-state index contributed by atoms with van der Waals surface area (Å²) in [6.45, 7) is 1.74. The molecule has 0 aromatic heterocycles. The molecule has 106 valence electrons. The van der Waals surface area contributed by atoms with Crippen LogP contribution < -0.4 is 0 Å². The van der Waals surface area contributed by atoms with Gasteiger partial charge in [-0.05, 0) is 37.0 Å². The number of carbonyl (C=O) groups excluding carboxylic acids is 1. The van der Waals surface area contributed by atoms with E-state index in [9.17, 15) is 9.59 Å². The fourth-order valence-corrected chi connectivity index (χ4v) is 2.58. The maximum Gasteiger partial charge on any atom is 0.335 e. The lowest BCUT2D eigenvalue weighted by Crippen LogP contribution is -2.46. The van der Waals surface area contributed by atoms with Gasteiger partial charge in [0.15, 0.2) is 0 Å². The fourth-order valence-electron chi connectivity index (χ4n) is 2.58. The van der Waals surface area contributed by atoms with Crippen LogP contribution in [0, 0.1) is 5.92 Å². The molecular weight excluding hydrogens is 258 g/mol. The smallest absolute Gasteiger partial charge is 0.335 e. The maximum absolute atomic E-state index is 12.4. The zero-order valence-electron chi connectivity index (χ0n) is 11.1. The van der Waals surface area contributed by atoms with Crippen molar-refractivity contribution in [2.75, 3.05) is 19.7 Å². The van der Waals surface area contributed by atoms with E-state index in [0.717, 1.165) is 0 Å². The molecule has 1 aliphatic carbocycles. The lowest BCUT2D eigenvalue weighted by Gasteiger charge is -2.33. The van der Waals surface area contributed by atoms with Crippen molar-refractivity contribution in [3.05, 3.63) is 35.4 Å². The number of morpholine rings is 1. The third-order valence-corrected chi connectivity index (χ3v) is 3.88. The predicted molar refractivity (Wildman–Crippen MR) is 71.8 cm³/mol. The second kappa shape index (κ2) is 5.25. The van der Waals surface area contributed by atoms with Crippen LogP contribution in [0.25, 0.3) is 0 Å². The van der Waals surface area contributed by atoms with Gasteiger partial charge in [0.2, 0.25) is 0 Å². The summed E-state index contributed by atoms with van der Waals surface area (Å²) in [6.07, 6.45) is 2.51. The number of nitrogens with zero attached hydrogens (tertiary/aromatic N) is 1. The molecule has 5 nitrogen and oxygen atoms in total. The third kappa shape index (κ3) is 2.67. The van der Waals surface area contributed by atoms with Crippen LogP contribution in [-0.4, -0.2) is 47.7 Å². The molecule has 1 saturated carbocycles. The third-order valence-electron chi connectivity index (χ3n) is 3.88. The Morgan fingerprint density at radius 2 is 2.00 bits per heavy atom. The monoisotopic (exact) mass is 275 g/mol. The summed E-state index contributed by atoms with van der Waals surface area (Å²) in [5.41, 5.74) is 0.573. The minimum absolute atomic E-state index is 0.109. The van der Waals surface area contributed by atoms with Crippen molar-refractivity contribution in [3.63, 3.8) is 0 Å². The highest BCUT2D eigenvalue weighted by atomic mass is 16.5. The molecule has 0 spiro atoms. The predicted octanol–water partition coefficient (Wildman–Crippen LogP) is 1.64. The van der Waals surface area contributed by atoms with Crippen molar-refractivity contribution in [2.45, 2.75) is 18.9 Å². The first-order valence-electron chi connectivity index (χ1n) is 6.89. The molecule has 1 aromatic carbocycles. The summed E-state index contributed by atoms with van der Waals surface area (Å²) in [4.78, 5) is 25.2. The Balaban J connectivity index is 1.74. The molecule has 20 heavy (non-hydrogen) atoms. The summed E-state index contributed by atoms with van der Waals surface area (Å²) >= 11 is 0. The Morgan fingerprint density at radius 1 is 1.25 bits per heavy atom. The van der Waals surface area contributed by atoms with Crippen molar-refractivity contribution in [2.24, 2.45) is 5.92 Å². The summed E-state index contributed by atoms with van der Waals surface area (Å²) < 4.78 is 5.69. The molecule has 0 radical (unpaired) electrons. The van der Waals surface area contributed by atoms with Gasteiger partial charge in [0, 0.05) is 18.7 Å². The largest absolute Gasteiger partial charge is 0.478 e. The molecule has 2 fully saturated rings. The molecule has 5 heteroatoms. The van der Waals surface area contributed by atoms with E-state index < -0.39 is 5.97 Å². The van der Waals surface area contributed by atoms with Gasteiger partial charge in [-0.25, -0.2) is 4.79 Å². The van der Waals surface area contributed by atoms with E-state index in [1.807, 2.05) is 0 Å². The van der Waals surface area contributed by atoms with E-state index in [2.05, 4.69) is 0 Å². The van der Waals surface area contributed by atoms with Crippen molar-refractivity contribution < 1.29 is 19.4 Å². The molecular formula is C15H17NO4. The van der Waals surface area contributed by atoms with E-state index in [1.165, 1.54) is 25.0 Å². The number of aromatic carboxylic acids is 1. The fraction of sp³-hybridized carbons (Fsp3) is 0.467. The minimum Gasteiger partial charge on any atom is -0.478 e. The number of carboxylic acids is 1. The molecule has 3 rings (SSSR count). The Kier molecular flexibility index (Phi) is 3.44. The summed E-state index contributed by atoms with van der Waals surface area (Å²) in [5.74, 6) is -0.532. The number of hydrogen-bond donors (Lipinski definition) is 1. The highest BCUT2D eigenvalue weighted by Crippen LogP contribution is 2.35. The van der Waals surface area contributed by atoms with Crippen LogP contribution >= 0.6 is 0 Å². The van der Waals surface area contributed by atoms with Crippen LogP contribution in [0.15, 0.2) is 24.3 Å². The number of benzene rings is 1. The lowest BCUT2D eigenvalue weighted by atomic mass is 10.1. The standard InChI is InChI=1S/C15H17NO4/c17-14(11-2-1-3-12(8-11)15(18)19)16-6-7-20-13(9-16)10-4-5-10/h1-3,8,10,13H,4-7,9H2,(H,18,19)/t13-/m1/s1. The zero-order valence-corrected chi connectivity index (χ0v) is 11.1. The molecule has 1 N–H and O–H groups in total. The second-order valence-electron chi connectivity index (χ2n) is 5.38. The number of ether oxygens (including phenoxy) is 1. The number of amides is 1. The first-order chi connectivity index (χ1) is 9.65. The van der Waals surface area contributed by atoms with Gasteiger partial charge >= 0.3 is 5.97 Å². The minimum atomic E-state index is -1.02. The molecule has 1 aliphatic heterocycles.